The van der Waals surface area contributed by atoms with Crippen molar-refractivity contribution in [1.29, 1.82) is 0 Å². The molecule has 0 unspecified atom stereocenters. The fraction of sp³-hybridized carbons (Fsp3) is 0.143. The number of halogens is 2. The zero-order valence-electron chi connectivity index (χ0n) is 21.0. The van der Waals surface area contributed by atoms with Crippen LogP contribution in [0, 0.1) is 20.8 Å². The number of aryl methyl sites for hydroxylation is 2. The van der Waals surface area contributed by atoms with Crippen molar-refractivity contribution in [2.45, 2.75) is 25.7 Å². The first-order valence-electron chi connectivity index (χ1n) is 11.7. The third-order valence-electron chi connectivity index (χ3n) is 5.92. The summed E-state index contributed by atoms with van der Waals surface area (Å²) in [5.41, 5.74) is 7.42. The van der Waals surface area contributed by atoms with E-state index in [1.165, 1.54) is 18.2 Å². The highest BCUT2D eigenvalue weighted by molar-refractivity contribution is 9.10. The average molecular weight is 614 g/mol. The summed E-state index contributed by atoms with van der Waals surface area (Å²) in [5, 5.41) is 4.46. The Kier molecular flexibility index (Phi) is 8.40. The minimum atomic E-state index is -4.05. The van der Waals surface area contributed by atoms with Crippen LogP contribution < -0.4 is 9.73 Å². The molecule has 0 bridgehead atoms. The van der Waals surface area contributed by atoms with Crippen LogP contribution in [-0.2, 0) is 14.8 Å². The van der Waals surface area contributed by atoms with Crippen LogP contribution in [-0.4, -0.2) is 31.7 Å². The Bertz CT molecular complexity index is 1620. The van der Waals surface area contributed by atoms with Gasteiger partial charge in [0.15, 0.2) is 0 Å². The number of hydrazone groups is 1. The van der Waals surface area contributed by atoms with Crippen LogP contribution >= 0.6 is 27.5 Å². The van der Waals surface area contributed by atoms with Crippen LogP contribution in [0.2, 0.25) is 5.02 Å². The van der Waals surface area contributed by atoms with E-state index in [0.29, 0.717) is 5.02 Å². The van der Waals surface area contributed by atoms with Gasteiger partial charge in [0.05, 0.1) is 16.8 Å². The molecule has 4 rings (SSSR count). The van der Waals surface area contributed by atoms with Gasteiger partial charge in [0.2, 0.25) is 0 Å². The highest BCUT2D eigenvalue weighted by Crippen LogP contribution is 2.26. The highest BCUT2D eigenvalue weighted by Gasteiger charge is 2.27. The number of carbonyl (C=O) groups excluding carboxylic acids is 1. The predicted octanol–water partition coefficient (Wildman–Crippen LogP) is 6.16. The number of sulfonamides is 1. The van der Waals surface area contributed by atoms with Gasteiger partial charge in [-0.15, -0.1) is 0 Å². The van der Waals surface area contributed by atoms with Crippen LogP contribution in [0.5, 0.6) is 0 Å². The number of rotatable bonds is 8. The van der Waals surface area contributed by atoms with Crippen molar-refractivity contribution in [1.82, 2.24) is 9.99 Å². The van der Waals surface area contributed by atoms with Crippen molar-refractivity contribution in [2.24, 2.45) is 5.10 Å². The average Bonchev–Trinajstić information content (AvgIpc) is 3.15. The van der Waals surface area contributed by atoms with Gasteiger partial charge in [-0.25, -0.2) is 13.8 Å². The summed E-state index contributed by atoms with van der Waals surface area (Å²) in [6, 6.07) is 22.7. The summed E-state index contributed by atoms with van der Waals surface area (Å²) in [5.74, 6) is -0.599. The second kappa shape index (κ2) is 11.6. The number of hydrogen-bond acceptors (Lipinski definition) is 4. The monoisotopic (exact) mass is 612 g/mol. The van der Waals surface area contributed by atoms with Gasteiger partial charge in [0, 0.05) is 32.1 Å². The van der Waals surface area contributed by atoms with Crippen molar-refractivity contribution in [2.75, 3.05) is 10.8 Å². The first kappa shape index (κ1) is 27.6. The number of anilines is 1. The van der Waals surface area contributed by atoms with Gasteiger partial charge in [0.25, 0.3) is 15.9 Å². The molecule has 0 fully saturated rings. The number of nitrogens with one attached hydrogen (secondary N) is 1. The molecule has 1 heterocycles. The van der Waals surface area contributed by atoms with Crippen LogP contribution in [0.15, 0.2) is 93.3 Å². The molecule has 0 saturated heterocycles. The Morgan fingerprint density at radius 3 is 2.42 bits per heavy atom. The second-order valence-electron chi connectivity index (χ2n) is 8.74. The van der Waals surface area contributed by atoms with Crippen LogP contribution in [0.3, 0.4) is 0 Å². The molecule has 0 radical (unpaired) electrons. The van der Waals surface area contributed by atoms with Gasteiger partial charge in [-0.2, -0.15) is 5.10 Å². The smallest absolute Gasteiger partial charge is 0.264 e. The lowest BCUT2D eigenvalue weighted by Gasteiger charge is -2.24. The van der Waals surface area contributed by atoms with E-state index in [1.54, 1.807) is 36.5 Å². The molecule has 38 heavy (non-hydrogen) atoms. The van der Waals surface area contributed by atoms with Crippen molar-refractivity contribution >= 4 is 55.4 Å². The molecule has 1 amide bonds. The first-order chi connectivity index (χ1) is 18.1. The van der Waals surface area contributed by atoms with E-state index in [9.17, 15) is 13.2 Å². The number of nitrogens with zero attached hydrogens (tertiary/aromatic N) is 3. The van der Waals surface area contributed by atoms with Crippen molar-refractivity contribution in [3.8, 4) is 5.69 Å². The van der Waals surface area contributed by atoms with E-state index in [4.69, 9.17) is 11.6 Å². The predicted molar refractivity (Wildman–Crippen MR) is 156 cm³/mol. The van der Waals surface area contributed by atoms with E-state index in [-0.39, 0.29) is 10.6 Å². The quantitative estimate of drug-likeness (QED) is 0.191. The van der Waals surface area contributed by atoms with Crippen molar-refractivity contribution in [3.63, 3.8) is 0 Å². The standard InChI is InChI=1S/C28H26BrClN4O3S/c1-19-10-12-27(13-11-19)38(36,37)33(25-8-5-7-24(30)16-25)18-28(35)32-31-17-22-14-20(2)34(21(22)3)26-9-4-6-23(29)15-26/h4-17H,18H2,1-3H3,(H,32,35)/b31-17-. The Morgan fingerprint density at radius 2 is 1.74 bits per heavy atom. The Morgan fingerprint density at radius 1 is 1.03 bits per heavy atom. The Balaban J connectivity index is 1.56. The number of amides is 1. The van der Waals surface area contributed by atoms with Gasteiger partial charge in [-0.3, -0.25) is 9.10 Å². The van der Waals surface area contributed by atoms with Crippen LogP contribution in [0.25, 0.3) is 5.69 Å². The zero-order valence-corrected chi connectivity index (χ0v) is 24.2. The summed E-state index contributed by atoms with van der Waals surface area (Å²) in [7, 11) is -4.05. The summed E-state index contributed by atoms with van der Waals surface area (Å²) in [6.45, 7) is 5.34. The topological polar surface area (TPSA) is 83.8 Å². The number of benzene rings is 3. The molecule has 0 saturated carbocycles. The molecule has 0 atom stereocenters. The maximum Gasteiger partial charge on any atom is 0.264 e. The van der Waals surface area contributed by atoms with Gasteiger partial charge in [-0.05, 0) is 75.4 Å². The summed E-state index contributed by atoms with van der Waals surface area (Å²) < 4.78 is 31.1. The number of aromatic nitrogens is 1. The maximum absolute atomic E-state index is 13.5. The zero-order chi connectivity index (χ0) is 27.4. The molecule has 10 heteroatoms. The van der Waals surface area contributed by atoms with Gasteiger partial charge in [-0.1, -0.05) is 57.4 Å². The van der Waals surface area contributed by atoms with Crippen LogP contribution in [0.1, 0.15) is 22.5 Å². The lowest BCUT2D eigenvalue weighted by Crippen LogP contribution is -2.39. The number of carbonyl (C=O) groups is 1. The normalized spacial score (nSPS) is 11.6. The van der Waals surface area contributed by atoms with Gasteiger partial charge >= 0.3 is 0 Å². The first-order valence-corrected chi connectivity index (χ1v) is 14.3. The minimum Gasteiger partial charge on any atom is -0.318 e. The molecule has 1 aromatic heterocycles. The summed E-state index contributed by atoms with van der Waals surface area (Å²) in [4.78, 5) is 12.9. The van der Waals surface area contributed by atoms with E-state index in [1.807, 2.05) is 51.1 Å². The Hall–Kier alpha value is -3.40. The third-order valence-corrected chi connectivity index (χ3v) is 8.44. The second-order valence-corrected chi connectivity index (χ2v) is 12.0. The van der Waals surface area contributed by atoms with Gasteiger partial charge < -0.3 is 4.57 Å². The molecule has 3 aromatic carbocycles. The van der Waals surface area contributed by atoms with E-state index in [0.717, 1.165) is 37.0 Å². The molecule has 7 nitrogen and oxygen atoms in total. The molecule has 0 aliphatic rings. The third kappa shape index (κ3) is 6.18. The van der Waals surface area contributed by atoms with Crippen molar-refractivity contribution < 1.29 is 13.2 Å². The molecule has 0 aliphatic carbocycles. The minimum absolute atomic E-state index is 0.0689. The fourth-order valence-electron chi connectivity index (χ4n) is 4.05. The summed E-state index contributed by atoms with van der Waals surface area (Å²) >= 11 is 9.63. The largest absolute Gasteiger partial charge is 0.318 e. The van der Waals surface area contributed by atoms with E-state index >= 15 is 0 Å². The number of hydrogen-bond donors (Lipinski definition) is 1. The summed E-state index contributed by atoms with van der Waals surface area (Å²) in [6.07, 6.45) is 1.55. The molecule has 196 valence electrons. The maximum atomic E-state index is 13.5. The van der Waals surface area contributed by atoms with Crippen LogP contribution in [0.4, 0.5) is 5.69 Å². The highest BCUT2D eigenvalue weighted by atomic mass is 79.9. The lowest BCUT2D eigenvalue weighted by atomic mass is 10.2. The van der Waals surface area contributed by atoms with E-state index < -0.39 is 22.5 Å². The molecule has 0 aliphatic heterocycles. The van der Waals surface area contributed by atoms with Gasteiger partial charge in [0.1, 0.15) is 6.54 Å². The van der Waals surface area contributed by atoms with E-state index in [2.05, 4.69) is 31.0 Å². The SMILES string of the molecule is Cc1ccc(S(=O)(=O)N(CC(=O)N/N=C\c2cc(C)n(-c3cccc(Br)c3)c2C)c2cccc(Cl)c2)cc1. The molecular formula is C28H26BrClN4O3S. The molecule has 1 N–H and O–H groups in total. The molecular weight excluding hydrogens is 588 g/mol. The fourth-order valence-corrected chi connectivity index (χ4v) is 6.04. The molecule has 0 spiro atoms. The van der Waals surface area contributed by atoms with Crippen molar-refractivity contribution in [3.05, 3.63) is 111 Å². The Labute approximate surface area is 235 Å². The lowest BCUT2D eigenvalue weighted by molar-refractivity contribution is -0.119. The molecule has 4 aromatic rings.